The van der Waals surface area contributed by atoms with Crippen molar-refractivity contribution in [3.05, 3.63) is 53.7 Å². The van der Waals surface area contributed by atoms with Crippen molar-refractivity contribution in [2.45, 2.75) is 12.8 Å². The maximum absolute atomic E-state index is 6.31. The molecule has 4 rings (SSSR count). The summed E-state index contributed by atoms with van der Waals surface area (Å²) in [5.74, 6) is 0.903. The van der Waals surface area contributed by atoms with Crippen molar-refractivity contribution in [3.8, 4) is 5.75 Å². The lowest BCUT2D eigenvalue weighted by atomic mass is 10.2. The molecule has 2 heterocycles. The minimum atomic E-state index is 0.749. The summed E-state index contributed by atoms with van der Waals surface area (Å²) in [7, 11) is 0. The van der Waals surface area contributed by atoms with Crippen molar-refractivity contribution in [1.29, 1.82) is 0 Å². The SMILES string of the molecule is Clc1ccccc1N1CCN(CCCCOc2ccc3cn[nH]c3c2)CC1. The number of rotatable bonds is 7. The molecule has 3 aromatic rings. The number of anilines is 1. The number of aromatic nitrogens is 2. The number of unbranched alkanes of at least 4 members (excludes halogenated alkanes) is 1. The molecular formula is C21H25ClN4O. The second kappa shape index (κ2) is 8.63. The summed E-state index contributed by atoms with van der Waals surface area (Å²) < 4.78 is 5.87. The molecule has 0 atom stereocenters. The first-order chi connectivity index (χ1) is 13.3. The van der Waals surface area contributed by atoms with Gasteiger partial charge < -0.3 is 9.64 Å². The van der Waals surface area contributed by atoms with Crippen LogP contribution in [0.25, 0.3) is 10.9 Å². The number of nitrogens with zero attached hydrogens (tertiary/aromatic N) is 3. The number of hydrogen-bond acceptors (Lipinski definition) is 4. The minimum absolute atomic E-state index is 0.749. The molecule has 5 nitrogen and oxygen atoms in total. The number of H-pyrrole nitrogens is 1. The number of piperazine rings is 1. The molecular weight excluding hydrogens is 360 g/mol. The van der Waals surface area contributed by atoms with Crippen LogP contribution in [-0.4, -0.2) is 54.4 Å². The largest absolute Gasteiger partial charge is 0.494 e. The van der Waals surface area contributed by atoms with Crippen molar-refractivity contribution in [2.75, 3.05) is 44.2 Å². The Balaban J connectivity index is 1.15. The van der Waals surface area contributed by atoms with Gasteiger partial charge in [-0.2, -0.15) is 5.10 Å². The summed E-state index contributed by atoms with van der Waals surface area (Å²) in [6, 6.07) is 14.2. The number of nitrogens with one attached hydrogen (secondary N) is 1. The lowest BCUT2D eigenvalue weighted by Gasteiger charge is -2.36. The molecule has 0 bridgehead atoms. The molecule has 0 saturated carbocycles. The first-order valence-electron chi connectivity index (χ1n) is 9.57. The molecule has 1 aliphatic heterocycles. The van der Waals surface area contributed by atoms with E-state index in [1.54, 1.807) is 0 Å². The third-order valence-corrected chi connectivity index (χ3v) is 5.44. The normalized spacial score (nSPS) is 15.4. The molecule has 27 heavy (non-hydrogen) atoms. The van der Waals surface area contributed by atoms with Crippen molar-refractivity contribution in [2.24, 2.45) is 0 Å². The Morgan fingerprint density at radius 2 is 1.89 bits per heavy atom. The summed E-state index contributed by atoms with van der Waals surface area (Å²) in [5, 5.41) is 8.96. The van der Waals surface area contributed by atoms with Crippen LogP contribution in [0, 0.1) is 0 Å². The van der Waals surface area contributed by atoms with E-state index in [1.165, 1.54) is 0 Å². The van der Waals surface area contributed by atoms with Crippen LogP contribution < -0.4 is 9.64 Å². The number of hydrogen-bond donors (Lipinski definition) is 1. The fourth-order valence-electron chi connectivity index (χ4n) is 3.55. The average molecular weight is 385 g/mol. The molecule has 142 valence electrons. The zero-order valence-corrected chi connectivity index (χ0v) is 16.2. The van der Waals surface area contributed by atoms with Gasteiger partial charge in [0, 0.05) is 37.6 Å². The van der Waals surface area contributed by atoms with Crippen LogP contribution in [0.15, 0.2) is 48.7 Å². The predicted molar refractivity (Wildman–Crippen MR) is 111 cm³/mol. The van der Waals surface area contributed by atoms with Crippen LogP contribution in [0.3, 0.4) is 0 Å². The lowest BCUT2D eigenvalue weighted by molar-refractivity contribution is 0.238. The van der Waals surface area contributed by atoms with Crippen LogP contribution in [0.1, 0.15) is 12.8 Å². The fraction of sp³-hybridized carbons (Fsp3) is 0.381. The third kappa shape index (κ3) is 4.54. The molecule has 0 radical (unpaired) electrons. The first-order valence-corrected chi connectivity index (χ1v) is 9.95. The molecule has 1 aliphatic rings. The molecule has 6 heteroatoms. The van der Waals surface area contributed by atoms with Gasteiger partial charge in [-0.3, -0.25) is 10.00 Å². The van der Waals surface area contributed by atoms with Crippen LogP contribution in [0.2, 0.25) is 5.02 Å². The smallest absolute Gasteiger partial charge is 0.121 e. The summed E-state index contributed by atoms with van der Waals surface area (Å²) in [4.78, 5) is 4.91. The highest BCUT2D eigenvalue weighted by molar-refractivity contribution is 6.33. The topological polar surface area (TPSA) is 44.4 Å². The molecule has 1 fully saturated rings. The van der Waals surface area contributed by atoms with E-state index < -0.39 is 0 Å². The second-order valence-electron chi connectivity index (χ2n) is 6.95. The Morgan fingerprint density at radius 1 is 1.04 bits per heavy atom. The zero-order valence-electron chi connectivity index (χ0n) is 15.4. The van der Waals surface area contributed by atoms with Crippen molar-refractivity contribution in [3.63, 3.8) is 0 Å². The van der Waals surface area contributed by atoms with Gasteiger partial charge in [-0.05, 0) is 43.7 Å². The molecule has 0 amide bonds. The van der Waals surface area contributed by atoms with E-state index in [4.69, 9.17) is 16.3 Å². The zero-order chi connectivity index (χ0) is 18.5. The van der Waals surface area contributed by atoms with Gasteiger partial charge >= 0.3 is 0 Å². The van der Waals surface area contributed by atoms with Gasteiger partial charge in [-0.25, -0.2) is 0 Å². The molecule has 2 aromatic carbocycles. The van der Waals surface area contributed by atoms with Gasteiger partial charge in [0.1, 0.15) is 5.75 Å². The quantitative estimate of drug-likeness (QED) is 0.620. The van der Waals surface area contributed by atoms with E-state index in [0.29, 0.717) is 0 Å². The van der Waals surface area contributed by atoms with Gasteiger partial charge in [-0.15, -0.1) is 0 Å². The van der Waals surface area contributed by atoms with E-state index in [9.17, 15) is 0 Å². The molecule has 0 unspecified atom stereocenters. The lowest BCUT2D eigenvalue weighted by Crippen LogP contribution is -2.46. The summed E-state index contributed by atoms with van der Waals surface area (Å²) in [6.45, 7) is 6.11. The van der Waals surface area contributed by atoms with E-state index in [1.807, 2.05) is 36.5 Å². The monoisotopic (exact) mass is 384 g/mol. The Labute approximate surface area is 164 Å². The number of benzene rings is 2. The van der Waals surface area contributed by atoms with Gasteiger partial charge in [0.05, 0.1) is 29.0 Å². The summed E-state index contributed by atoms with van der Waals surface area (Å²) >= 11 is 6.31. The van der Waals surface area contributed by atoms with Crippen molar-refractivity contribution < 1.29 is 4.74 Å². The third-order valence-electron chi connectivity index (χ3n) is 5.12. The maximum Gasteiger partial charge on any atom is 0.121 e. The van der Waals surface area contributed by atoms with Crippen LogP contribution in [-0.2, 0) is 0 Å². The number of fused-ring (bicyclic) bond motifs is 1. The Bertz CT molecular complexity index is 873. The Hall–Kier alpha value is -2.24. The standard InChI is InChI=1S/C21H25ClN4O/c22-19-5-1-2-6-21(19)26-12-10-25(11-13-26)9-3-4-14-27-18-8-7-17-16-23-24-20(17)15-18/h1-2,5-8,15-16H,3-4,9-14H2,(H,23,24). The van der Waals surface area contributed by atoms with Crippen LogP contribution >= 0.6 is 11.6 Å². The van der Waals surface area contributed by atoms with Gasteiger partial charge in [-0.1, -0.05) is 23.7 Å². The highest BCUT2D eigenvalue weighted by Gasteiger charge is 2.18. The van der Waals surface area contributed by atoms with Gasteiger partial charge in [0.2, 0.25) is 0 Å². The Morgan fingerprint density at radius 3 is 2.74 bits per heavy atom. The van der Waals surface area contributed by atoms with Gasteiger partial charge in [0.25, 0.3) is 0 Å². The van der Waals surface area contributed by atoms with E-state index >= 15 is 0 Å². The average Bonchev–Trinajstić information content (AvgIpc) is 3.17. The molecule has 1 saturated heterocycles. The minimum Gasteiger partial charge on any atom is -0.494 e. The second-order valence-corrected chi connectivity index (χ2v) is 7.36. The summed E-state index contributed by atoms with van der Waals surface area (Å²) in [5.41, 5.74) is 2.17. The van der Waals surface area contributed by atoms with Crippen LogP contribution in [0.4, 0.5) is 5.69 Å². The maximum atomic E-state index is 6.31. The molecule has 0 aliphatic carbocycles. The molecule has 0 spiro atoms. The van der Waals surface area contributed by atoms with Crippen molar-refractivity contribution in [1.82, 2.24) is 15.1 Å². The highest BCUT2D eigenvalue weighted by atomic mass is 35.5. The van der Waals surface area contributed by atoms with E-state index in [-0.39, 0.29) is 0 Å². The first kappa shape index (κ1) is 18.1. The van der Waals surface area contributed by atoms with E-state index in [0.717, 1.165) is 79.5 Å². The van der Waals surface area contributed by atoms with E-state index in [2.05, 4.69) is 32.1 Å². The van der Waals surface area contributed by atoms with Crippen LogP contribution in [0.5, 0.6) is 5.75 Å². The molecule has 1 aromatic heterocycles. The number of halogens is 1. The number of para-hydroxylation sites is 1. The predicted octanol–water partition coefficient (Wildman–Crippen LogP) is 4.20. The number of aromatic amines is 1. The Kier molecular flexibility index (Phi) is 5.80. The number of ether oxygens (including phenoxy) is 1. The molecule has 1 N–H and O–H groups in total. The fourth-order valence-corrected chi connectivity index (χ4v) is 3.81. The van der Waals surface area contributed by atoms with Crippen molar-refractivity contribution >= 4 is 28.2 Å². The van der Waals surface area contributed by atoms with Gasteiger partial charge in [0.15, 0.2) is 0 Å². The summed E-state index contributed by atoms with van der Waals surface area (Å²) in [6.07, 6.45) is 4.04. The highest BCUT2D eigenvalue weighted by Crippen LogP contribution is 2.26.